The molecule has 26 heavy (non-hydrogen) atoms. The first kappa shape index (κ1) is 16.9. The van der Waals surface area contributed by atoms with E-state index in [1.54, 1.807) is 48.5 Å². The average molecular weight is 343 g/mol. The molecule has 0 heterocycles. The largest absolute Gasteiger partial charge is 0.349 e. The van der Waals surface area contributed by atoms with Crippen molar-refractivity contribution < 1.29 is 9.72 Å². The molecule has 0 aliphatic rings. The van der Waals surface area contributed by atoms with Gasteiger partial charge in [-0.1, -0.05) is 36.4 Å². The van der Waals surface area contributed by atoms with E-state index in [0.717, 1.165) is 0 Å². The lowest BCUT2D eigenvalue weighted by Gasteiger charge is -2.09. The van der Waals surface area contributed by atoms with Crippen molar-refractivity contribution in [1.29, 1.82) is 5.26 Å². The van der Waals surface area contributed by atoms with E-state index in [2.05, 4.69) is 5.32 Å². The normalized spacial score (nSPS) is 9.96. The smallest absolute Gasteiger partial charge is 0.294 e. The molecule has 0 unspecified atom stereocenters. The number of anilines is 2. The molecule has 0 atom stereocenters. The number of ketones is 1. The molecule has 6 heteroatoms. The molecule has 0 aromatic heterocycles. The lowest BCUT2D eigenvalue weighted by molar-refractivity contribution is -0.383. The van der Waals surface area contributed by atoms with Crippen LogP contribution in [0.5, 0.6) is 0 Å². The van der Waals surface area contributed by atoms with Gasteiger partial charge in [-0.15, -0.1) is 0 Å². The minimum atomic E-state index is -0.545. The van der Waals surface area contributed by atoms with E-state index in [-0.39, 0.29) is 22.7 Å². The van der Waals surface area contributed by atoms with E-state index < -0.39 is 4.92 Å². The van der Waals surface area contributed by atoms with Crippen molar-refractivity contribution in [3.05, 3.63) is 99.6 Å². The first-order valence-corrected chi connectivity index (χ1v) is 7.74. The fourth-order valence-corrected chi connectivity index (χ4v) is 2.52. The lowest BCUT2D eigenvalue weighted by Crippen LogP contribution is -2.02. The maximum atomic E-state index is 12.4. The van der Waals surface area contributed by atoms with Crippen LogP contribution in [-0.2, 0) is 0 Å². The minimum absolute atomic E-state index is 0.111. The van der Waals surface area contributed by atoms with Gasteiger partial charge >= 0.3 is 0 Å². The van der Waals surface area contributed by atoms with Gasteiger partial charge in [0.1, 0.15) is 11.8 Å². The Bertz CT molecular complexity index is 1010. The predicted octanol–water partition coefficient (Wildman–Crippen LogP) is 4.44. The van der Waals surface area contributed by atoms with Gasteiger partial charge in [0, 0.05) is 22.9 Å². The third-order valence-corrected chi connectivity index (χ3v) is 3.81. The fourth-order valence-electron chi connectivity index (χ4n) is 2.52. The van der Waals surface area contributed by atoms with Crippen LogP contribution in [-0.4, -0.2) is 10.7 Å². The van der Waals surface area contributed by atoms with Crippen LogP contribution in [0.2, 0.25) is 0 Å². The van der Waals surface area contributed by atoms with Gasteiger partial charge in [0.15, 0.2) is 5.78 Å². The summed E-state index contributed by atoms with van der Waals surface area (Å²) in [5.74, 6) is -0.111. The van der Waals surface area contributed by atoms with Crippen molar-refractivity contribution >= 4 is 22.8 Å². The molecule has 6 nitrogen and oxygen atoms in total. The SMILES string of the molecule is N#Cc1cccc([N+](=O)[O-])c1Nc1ccc(C(=O)c2ccccc2)cc1. The van der Waals surface area contributed by atoms with Crippen LogP contribution in [0.15, 0.2) is 72.8 Å². The van der Waals surface area contributed by atoms with E-state index in [9.17, 15) is 20.2 Å². The topological polar surface area (TPSA) is 96.0 Å². The Kier molecular flexibility index (Phi) is 4.72. The number of carbonyl (C=O) groups excluding carboxylic acids is 1. The summed E-state index contributed by atoms with van der Waals surface area (Å²) in [7, 11) is 0. The third-order valence-electron chi connectivity index (χ3n) is 3.81. The zero-order chi connectivity index (χ0) is 18.5. The van der Waals surface area contributed by atoms with Crippen molar-refractivity contribution in [1.82, 2.24) is 0 Å². The molecule has 0 saturated heterocycles. The highest BCUT2D eigenvalue weighted by molar-refractivity contribution is 6.09. The molecule has 0 bridgehead atoms. The number of nitro benzene ring substituents is 1. The first-order chi connectivity index (χ1) is 12.6. The van der Waals surface area contributed by atoms with Gasteiger partial charge in [0.25, 0.3) is 5.69 Å². The number of nitrogens with zero attached hydrogens (tertiary/aromatic N) is 2. The van der Waals surface area contributed by atoms with E-state index >= 15 is 0 Å². The van der Waals surface area contributed by atoms with Gasteiger partial charge in [-0.05, 0) is 30.3 Å². The van der Waals surface area contributed by atoms with Crippen LogP contribution in [0.3, 0.4) is 0 Å². The van der Waals surface area contributed by atoms with Crippen molar-refractivity contribution in [2.24, 2.45) is 0 Å². The molecule has 0 fully saturated rings. The number of nitro groups is 1. The molecular weight excluding hydrogens is 330 g/mol. The van der Waals surface area contributed by atoms with E-state index in [1.807, 2.05) is 12.1 Å². The number of nitriles is 1. The minimum Gasteiger partial charge on any atom is -0.349 e. The molecule has 0 aliphatic heterocycles. The molecule has 0 saturated carbocycles. The van der Waals surface area contributed by atoms with Crippen molar-refractivity contribution in [3.63, 3.8) is 0 Å². The van der Waals surface area contributed by atoms with E-state index in [0.29, 0.717) is 16.8 Å². The Morgan fingerprint density at radius 1 is 0.923 bits per heavy atom. The van der Waals surface area contributed by atoms with Gasteiger partial charge in [-0.25, -0.2) is 0 Å². The Hall–Kier alpha value is -3.98. The summed E-state index contributed by atoms with van der Waals surface area (Å²) >= 11 is 0. The molecular formula is C20H13N3O3. The molecule has 1 N–H and O–H groups in total. The summed E-state index contributed by atoms with van der Waals surface area (Å²) in [6.45, 7) is 0. The zero-order valence-electron chi connectivity index (χ0n) is 13.5. The van der Waals surface area contributed by atoms with E-state index in [4.69, 9.17) is 0 Å². The molecule has 0 spiro atoms. The Balaban J connectivity index is 1.88. The van der Waals surface area contributed by atoms with Crippen molar-refractivity contribution in [3.8, 4) is 6.07 Å². The maximum Gasteiger partial charge on any atom is 0.294 e. The zero-order valence-corrected chi connectivity index (χ0v) is 13.5. The number of carbonyl (C=O) groups is 1. The number of hydrogen-bond acceptors (Lipinski definition) is 5. The van der Waals surface area contributed by atoms with Crippen LogP contribution < -0.4 is 5.32 Å². The highest BCUT2D eigenvalue weighted by Gasteiger charge is 2.18. The van der Waals surface area contributed by atoms with Gasteiger partial charge in [-0.2, -0.15) is 5.26 Å². The quantitative estimate of drug-likeness (QED) is 0.420. The van der Waals surface area contributed by atoms with Gasteiger partial charge in [-0.3, -0.25) is 14.9 Å². The molecule has 0 amide bonds. The van der Waals surface area contributed by atoms with Crippen LogP contribution in [0.25, 0.3) is 0 Å². The van der Waals surface area contributed by atoms with Crippen LogP contribution in [0.1, 0.15) is 21.5 Å². The van der Waals surface area contributed by atoms with Crippen molar-refractivity contribution in [2.75, 3.05) is 5.32 Å². The fraction of sp³-hybridized carbons (Fsp3) is 0. The second kappa shape index (κ2) is 7.28. The third kappa shape index (κ3) is 3.42. The summed E-state index contributed by atoms with van der Waals surface area (Å²) < 4.78 is 0. The number of para-hydroxylation sites is 1. The number of benzene rings is 3. The van der Waals surface area contributed by atoms with E-state index in [1.165, 1.54) is 18.2 Å². The Labute approximate surface area is 149 Å². The lowest BCUT2D eigenvalue weighted by atomic mass is 10.0. The van der Waals surface area contributed by atoms with Gasteiger partial charge in [0.05, 0.1) is 10.5 Å². The second-order valence-corrected chi connectivity index (χ2v) is 5.47. The Morgan fingerprint density at radius 3 is 2.19 bits per heavy atom. The highest BCUT2D eigenvalue weighted by Crippen LogP contribution is 2.31. The van der Waals surface area contributed by atoms with Crippen LogP contribution >= 0.6 is 0 Å². The molecule has 0 aliphatic carbocycles. The first-order valence-electron chi connectivity index (χ1n) is 7.74. The number of hydrogen-bond donors (Lipinski definition) is 1. The molecule has 0 radical (unpaired) electrons. The van der Waals surface area contributed by atoms with Gasteiger partial charge < -0.3 is 5.32 Å². The van der Waals surface area contributed by atoms with Gasteiger partial charge in [0.2, 0.25) is 0 Å². The summed E-state index contributed by atoms with van der Waals surface area (Å²) in [5, 5.41) is 23.3. The molecule has 3 aromatic rings. The number of rotatable bonds is 5. The monoisotopic (exact) mass is 343 g/mol. The molecule has 3 aromatic carbocycles. The van der Waals surface area contributed by atoms with Crippen LogP contribution in [0, 0.1) is 21.4 Å². The summed E-state index contributed by atoms with van der Waals surface area (Å²) in [6, 6.07) is 21.7. The van der Waals surface area contributed by atoms with Crippen molar-refractivity contribution in [2.45, 2.75) is 0 Å². The molecule has 126 valence electrons. The number of nitrogens with one attached hydrogen (secondary N) is 1. The predicted molar refractivity (Wildman–Crippen MR) is 97.4 cm³/mol. The second-order valence-electron chi connectivity index (χ2n) is 5.47. The highest BCUT2D eigenvalue weighted by atomic mass is 16.6. The van der Waals surface area contributed by atoms with Crippen LogP contribution in [0.4, 0.5) is 17.1 Å². The molecule has 3 rings (SSSR count). The average Bonchev–Trinajstić information content (AvgIpc) is 2.68. The standard InChI is InChI=1S/C20H13N3O3/c21-13-16-7-4-8-18(23(25)26)19(16)22-17-11-9-15(10-12-17)20(24)14-5-2-1-3-6-14/h1-12,22H. The summed E-state index contributed by atoms with van der Waals surface area (Å²) in [5.41, 5.74) is 1.74. The summed E-state index contributed by atoms with van der Waals surface area (Å²) in [6.07, 6.45) is 0. The summed E-state index contributed by atoms with van der Waals surface area (Å²) in [4.78, 5) is 23.1. The maximum absolute atomic E-state index is 12.4. The Morgan fingerprint density at radius 2 is 1.58 bits per heavy atom.